The second-order valence-electron chi connectivity index (χ2n) is 8.01. The maximum Gasteiger partial charge on any atom is 0.238 e. The molecule has 8 nitrogen and oxygen atoms in total. The Labute approximate surface area is 173 Å². The molecule has 158 valence electrons. The van der Waals surface area contributed by atoms with E-state index >= 15 is 0 Å². The van der Waals surface area contributed by atoms with Crippen molar-refractivity contribution in [2.75, 3.05) is 43.9 Å². The monoisotopic (exact) mass is 418 g/mol. The molecule has 0 unspecified atom stereocenters. The number of anilines is 2. The molecule has 0 amide bonds. The van der Waals surface area contributed by atoms with Gasteiger partial charge < -0.3 is 15.1 Å². The number of benzene rings is 1. The topological polar surface area (TPSA) is 104 Å². The van der Waals surface area contributed by atoms with Crippen LogP contribution in [0, 0.1) is 0 Å². The minimum atomic E-state index is -3.72. The number of hydrogen-bond acceptors (Lipinski definition) is 7. The van der Waals surface area contributed by atoms with Gasteiger partial charge in [0, 0.05) is 32.2 Å². The molecular formula is C20H30N6O2S. The summed E-state index contributed by atoms with van der Waals surface area (Å²) in [7, 11) is 0.336. The highest BCUT2D eigenvalue weighted by molar-refractivity contribution is 7.89. The van der Waals surface area contributed by atoms with Gasteiger partial charge in [-0.1, -0.05) is 19.9 Å². The van der Waals surface area contributed by atoms with Gasteiger partial charge in [-0.15, -0.1) is 0 Å². The van der Waals surface area contributed by atoms with Gasteiger partial charge in [-0.3, -0.25) is 0 Å². The maximum atomic E-state index is 11.7. The lowest BCUT2D eigenvalue weighted by atomic mass is 10.00. The highest BCUT2D eigenvalue weighted by Crippen LogP contribution is 2.27. The van der Waals surface area contributed by atoms with Gasteiger partial charge >= 0.3 is 0 Å². The normalized spacial score (nSPS) is 14.4. The van der Waals surface area contributed by atoms with Crippen molar-refractivity contribution in [2.45, 2.75) is 37.6 Å². The van der Waals surface area contributed by atoms with E-state index in [2.05, 4.69) is 33.9 Å². The number of nitrogens with zero attached hydrogens (tertiary/aromatic N) is 4. The number of aromatic nitrogens is 2. The summed E-state index contributed by atoms with van der Waals surface area (Å²) in [4.78, 5) is 13.8. The Kier molecular flexibility index (Phi) is 6.40. The first-order chi connectivity index (χ1) is 13.6. The number of rotatable bonds is 7. The lowest BCUT2D eigenvalue weighted by Crippen LogP contribution is -2.32. The molecule has 1 aromatic heterocycles. The van der Waals surface area contributed by atoms with Gasteiger partial charge in [0.2, 0.25) is 16.0 Å². The van der Waals surface area contributed by atoms with Crippen molar-refractivity contribution >= 4 is 21.8 Å². The third-order valence-electron chi connectivity index (χ3n) is 5.01. The van der Waals surface area contributed by atoms with Gasteiger partial charge in [-0.25, -0.2) is 18.5 Å². The van der Waals surface area contributed by atoms with Crippen LogP contribution in [0.1, 0.15) is 36.6 Å². The van der Waals surface area contributed by atoms with E-state index in [-0.39, 0.29) is 10.8 Å². The summed E-state index contributed by atoms with van der Waals surface area (Å²) in [5.74, 6) is 1.75. The van der Waals surface area contributed by atoms with E-state index in [1.807, 2.05) is 26.2 Å². The van der Waals surface area contributed by atoms with Crippen LogP contribution in [0.15, 0.2) is 29.2 Å². The first-order valence-electron chi connectivity index (χ1n) is 9.80. The predicted octanol–water partition coefficient (Wildman–Crippen LogP) is 1.78. The van der Waals surface area contributed by atoms with Crippen molar-refractivity contribution in [3.8, 4) is 0 Å². The summed E-state index contributed by atoms with van der Waals surface area (Å²) in [6.07, 6.45) is 0.824. The summed E-state index contributed by atoms with van der Waals surface area (Å²) in [6, 6.07) is 7.15. The quantitative estimate of drug-likeness (QED) is 0.706. The van der Waals surface area contributed by atoms with Gasteiger partial charge in [0.05, 0.1) is 10.6 Å². The van der Waals surface area contributed by atoms with Crippen LogP contribution in [0.5, 0.6) is 0 Å². The van der Waals surface area contributed by atoms with Crippen LogP contribution < -0.4 is 15.4 Å². The second-order valence-corrected chi connectivity index (χ2v) is 9.57. The summed E-state index contributed by atoms with van der Waals surface area (Å²) in [5.41, 5.74) is 3.09. The molecule has 9 heteroatoms. The fourth-order valence-electron chi connectivity index (χ4n) is 3.29. The Bertz CT molecular complexity index is 975. The fraction of sp³-hybridized carbons (Fsp3) is 0.500. The molecule has 29 heavy (non-hydrogen) atoms. The largest absolute Gasteiger partial charge is 0.353 e. The van der Waals surface area contributed by atoms with Crippen molar-refractivity contribution in [1.82, 2.24) is 14.9 Å². The average Bonchev–Trinajstić information content (AvgIpc) is 2.66. The molecule has 0 saturated carbocycles. The minimum absolute atomic E-state index is 0.148. The average molecular weight is 419 g/mol. The molecule has 1 aliphatic heterocycles. The van der Waals surface area contributed by atoms with Crippen LogP contribution in [0.2, 0.25) is 0 Å². The molecule has 1 aromatic carbocycles. The van der Waals surface area contributed by atoms with E-state index in [1.54, 1.807) is 12.1 Å². The van der Waals surface area contributed by atoms with Crippen LogP contribution >= 0.6 is 0 Å². The van der Waals surface area contributed by atoms with E-state index in [0.29, 0.717) is 12.5 Å². The summed E-state index contributed by atoms with van der Waals surface area (Å²) < 4.78 is 23.4. The van der Waals surface area contributed by atoms with E-state index in [0.717, 1.165) is 48.7 Å². The number of sulfonamides is 1. The smallest absolute Gasteiger partial charge is 0.238 e. The van der Waals surface area contributed by atoms with E-state index < -0.39 is 10.0 Å². The van der Waals surface area contributed by atoms with Crippen LogP contribution in [-0.4, -0.2) is 57.0 Å². The standard InChI is InChI=1S/C20H30N6O2S/c1-14(2)18-12-19(24-20(23-18)22-8-10-25(3)4)26-9-7-15-5-6-17(29(21,27)28)11-16(15)13-26/h5-6,11-12,14H,7-10,13H2,1-4H3,(H2,21,27,28)(H,22,23,24). The van der Waals surface area contributed by atoms with Gasteiger partial charge in [0.15, 0.2) is 0 Å². The lowest BCUT2D eigenvalue weighted by molar-refractivity contribution is 0.425. The molecule has 3 rings (SSSR count). The minimum Gasteiger partial charge on any atom is -0.353 e. The highest BCUT2D eigenvalue weighted by Gasteiger charge is 2.21. The third-order valence-corrected chi connectivity index (χ3v) is 5.92. The molecule has 0 radical (unpaired) electrons. The van der Waals surface area contributed by atoms with E-state index in [9.17, 15) is 8.42 Å². The van der Waals surface area contributed by atoms with Crippen molar-refractivity contribution in [3.63, 3.8) is 0 Å². The first-order valence-corrected chi connectivity index (χ1v) is 11.4. The highest BCUT2D eigenvalue weighted by atomic mass is 32.2. The SMILES string of the molecule is CC(C)c1cc(N2CCc3ccc(S(N)(=O)=O)cc3C2)nc(NCCN(C)C)n1. The Hall–Kier alpha value is -2.23. The van der Waals surface area contributed by atoms with Gasteiger partial charge in [-0.2, -0.15) is 4.98 Å². The van der Waals surface area contributed by atoms with Crippen molar-refractivity contribution in [2.24, 2.45) is 5.14 Å². The number of nitrogens with two attached hydrogens (primary N) is 1. The number of nitrogens with one attached hydrogen (secondary N) is 1. The molecule has 0 spiro atoms. The Morgan fingerprint density at radius 2 is 1.97 bits per heavy atom. The van der Waals surface area contributed by atoms with Crippen LogP contribution in [0.25, 0.3) is 0 Å². The summed E-state index contributed by atoms with van der Waals surface area (Å²) in [5, 5.41) is 8.62. The number of fused-ring (bicyclic) bond motifs is 1. The molecule has 0 saturated heterocycles. The Morgan fingerprint density at radius 1 is 1.21 bits per heavy atom. The van der Waals surface area contributed by atoms with E-state index in [4.69, 9.17) is 10.1 Å². The molecule has 0 aliphatic carbocycles. The third kappa shape index (κ3) is 5.43. The molecule has 1 aliphatic rings. The van der Waals surface area contributed by atoms with Crippen LogP contribution in [0.3, 0.4) is 0 Å². The maximum absolute atomic E-state index is 11.7. The first kappa shape index (κ1) is 21.5. The summed E-state index contributed by atoms with van der Waals surface area (Å²) in [6.45, 7) is 7.27. The van der Waals surface area contributed by atoms with Crippen LogP contribution in [0.4, 0.5) is 11.8 Å². The van der Waals surface area contributed by atoms with E-state index in [1.165, 1.54) is 0 Å². The number of likely N-dealkylation sites (N-methyl/N-ethyl adjacent to an activating group) is 1. The zero-order valence-corrected chi connectivity index (χ0v) is 18.3. The molecule has 0 atom stereocenters. The molecule has 2 aromatic rings. The Balaban J connectivity index is 1.87. The zero-order valence-electron chi connectivity index (χ0n) is 17.5. The van der Waals surface area contributed by atoms with Crippen molar-refractivity contribution in [3.05, 3.63) is 41.1 Å². The number of hydrogen-bond donors (Lipinski definition) is 2. The van der Waals surface area contributed by atoms with Gasteiger partial charge in [0.1, 0.15) is 5.82 Å². The number of primary sulfonamides is 1. The van der Waals surface area contributed by atoms with Crippen molar-refractivity contribution in [1.29, 1.82) is 0 Å². The lowest BCUT2D eigenvalue weighted by Gasteiger charge is -2.30. The molecular weight excluding hydrogens is 388 g/mol. The predicted molar refractivity (Wildman–Crippen MR) is 116 cm³/mol. The van der Waals surface area contributed by atoms with Crippen LogP contribution in [-0.2, 0) is 23.0 Å². The molecule has 0 fully saturated rings. The molecule has 3 N–H and O–H groups in total. The fourth-order valence-corrected chi connectivity index (χ4v) is 3.85. The van der Waals surface area contributed by atoms with Gasteiger partial charge in [0.25, 0.3) is 0 Å². The van der Waals surface area contributed by atoms with Gasteiger partial charge in [-0.05, 0) is 49.7 Å². The molecule has 0 bridgehead atoms. The Morgan fingerprint density at radius 3 is 2.62 bits per heavy atom. The van der Waals surface area contributed by atoms with Crippen molar-refractivity contribution < 1.29 is 8.42 Å². The second kappa shape index (κ2) is 8.64. The zero-order chi connectivity index (χ0) is 21.2. The summed E-state index contributed by atoms with van der Waals surface area (Å²) >= 11 is 0. The molecule has 2 heterocycles.